The smallest absolute Gasteiger partial charge is 0.295 e. The van der Waals surface area contributed by atoms with Gasteiger partial charge in [-0.3, -0.25) is 14.6 Å². The number of hydrogen-bond acceptors (Lipinski definition) is 5. The van der Waals surface area contributed by atoms with Crippen molar-refractivity contribution in [1.82, 2.24) is 9.88 Å². The van der Waals surface area contributed by atoms with E-state index in [0.29, 0.717) is 11.5 Å². The molecular weight excluding hydrogens is 435 g/mol. The molecule has 0 saturated carbocycles. The highest BCUT2D eigenvalue weighted by atomic mass is 19.1. The van der Waals surface area contributed by atoms with Gasteiger partial charge in [-0.2, -0.15) is 0 Å². The Morgan fingerprint density at radius 3 is 2.47 bits per heavy atom. The van der Waals surface area contributed by atoms with Gasteiger partial charge < -0.3 is 14.7 Å². The molecule has 1 aliphatic rings. The minimum absolute atomic E-state index is 0.00871. The predicted molar refractivity (Wildman–Crippen MR) is 126 cm³/mol. The number of carbonyl (C=O) groups excluding carboxylic acids is 2. The predicted octanol–water partition coefficient (Wildman–Crippen LogP) is 4.97. The number of ether oxygens (including phenoxy) is 1. The van der Waals surface area contributed by atoms with Crippen LogP contribution in [0.1, 0.15) is 48.1 Å². The number of likely N-dealkylation sites (tertiary alicyclic amines) is 1. The standard InChI is InChI=1S/C27H25FN2O4/c1-16(2)18-6-8-19(9-7-18)24-23(25(31)20-10-11-22(34-3)21(28)13-20)26(32)27(33)30(24)15-17-5-4-12-29-14-17/h4-14,16,24,31H,15H2,1-3H3/t24-/m0/s1. The molecule has 1 atom stereocenters. The number of hydrogen-bond donors (Lipinski definition) is 1. The van der Waals surface area contributed by atoms with Crippen molar-refractivity contribution in [2.24, 2.45) is 0 Å². The molecule has 1 aromatic heterocycles. The van der Waals surface area contributed by atoms with Gasteiger partial charge in [-0.05, 0) is 46.9 Å². The molecule has 1 saturated heterocycles. The van der Waals surface area contributed by atoms with Gasteiger partial charge in [0.25, 0.3) is 11.7 Å². The first-order valence-corrected chi connectivity index (χ1v) is 10.9. The average Bonchev–Trinajstić information content (AvgIpc) is 3.09. The van der Waals surface area contributed by atoms with Crippen molar-refractivity contribution >= 4 is 17.4 Å². The minimum atomic E-state index is -0.841. The number of aliphatic hydroxyl groups is 1. The second kappa shape index (κ2) is 9.47. The molecule has 6 nitrogen and oxygen atoms in total. The molecule has 2 aromatic carbocycles. The van der Waals surface area contributed by atoms with Crippen LogP contribution in [0.15, 0.2) is 72.6 Å². The van der Waals surface area contributed by atoms with Crippen LogP contribution in [0.4, 0.5) is 4.39 Å². The maximum absolute atomic E-state index is 14.3. The third-order valence-electron chi connectivity index (χ3n) is 5.96. The van der Waals surface area contributed by atoms with E-state index in [1.165, 1.54) is 24.1 Å². The van der Waals surface area contributed by atoms with Gasteiger partial charge in [0.2, 0.25) is 0 Å². The van der Waals surface area contributed by atoms with Crippen LogP contribution in [0.25, 0.3) is 5.76 Å². The Morgan fingerprint density at radius 1 is 1.15 bits per heavy atom. The first kappa shape index (κ1) is 23.2. The summed E-state index contributed by atoms with van der Waals surface area (Å²) < 4.78 is 19.3. The molecule has 0 unspecified atom stereocenters. The summed E-state index contributed by atoms with van der Waals surface area (Å²) in [6.07, 6.45) is 3.25. The topological polar surface area (TPSA) is 79.7 Å². The van der Waals surface area contributed by atoms with Gasteiger partial charge in [-0.25, -0.2) is 4.39 Å². The lowest BCUT2D eigenvalue weighted by atomic mass is 9.93. The summed E-state index contributed by atoms with van der Waals surface area (Å²) in [5.74, 6) is -2.37. The average molecular weight is 461 g/mol. The van der Waals surface area contributed by atoms with Crippen molar-refractivity contribution < 1.29 is 23.8 Å². The van der Waals surface area contributed by atoms with E-state index in [9.17, 15) is 19.1 Å². The van der Waals surface area contributed by atoms with E-state index in [4.69, 9.17) is 4.74 Å². The third kappa shape index (κ3) is 4.29. The summed E-state index contributed by atoms with van der Waals surface area (Å²) in [6, 6.07) is 14.2. The largest absolute Gasteiger partial charge is 0.507 e. The highest BCUT2D eigenvalue weighted by Gasteiger charge is 2.46. The molecule has 1 fully saturated rings. The molecule has 2 heterocycles. The zero-order chi connectivity index (χ0) is 24.4. The Bertz CT molecular complexity index is 1250. The van der Waals surface area contributed by atoms with Crippen LogP contribution in [-0.4, -0.2) is 33.8 Å². The van der Waals surface area contributed by atoms with E-state index in [2.05, 4.69) is 18.8 Å². The summed E-state index contributed by atoms with van der Waals surface area (Å²) in [4.78, 5) is 31.7. The lowest BCUT2D eigenvalue weighted by Gasteiger charge is -2.25. The molecule has 0 spiro atoms. The van der Waals surface area contributed by atoms with Gasteiger partial charge in [0.1, 0.15) is 5.76 Å². The molecule has 0 aliphatic carbocycles. The quantitative estimate of drug-likeness (QED) is 0.319. The Morgan fingerprint density at radius 2 is 1.88 bits per heavy atom. The van der Waals surface area contributed by atoms with Gasteiger partial charge >= 0.3 is 0 Å². The Kier molecular flexibility index (Phi) is 6.45. The zero-order valence-corrected chi connectivity index (χ0v) is 19.2. The summed E-state index contributed by atoms with van der Waals surface area (Å²) in [6.45, 7) is 4.27. The van der Waals surface area contributed by atoms with E-state index in [-0.39, 0.29) is 23.4 Å². The van der Waals surface area contributed by atoms with E-state index < -0.39 is 29.3 Å². The fourth-order valence-electron chi connectivity index (χ4n) is 4.11. The molecular formula is C27H25FN2O4. The Balaban J connectivity index is 1.85. The lowest BCUT2D eigenvalue weighted by molar-refractivity contribution is -0.140. The number of pyridine rings is 1. The van der Waals surface area contributed by atoms with Gasteiger partial charge in [0.05, 0.1) is 18.7 Å². The second-order valence-electron chi connectivity index (χ2n) is 8.46. The lowest BCUT2D eigenvalue weighted by Crippen LogP contribution is -2.29. The normalized spacial score (nSPS) is 17.4. The number of Topliss-reactive ketones (excluding diaryl/α,β-unsaturated/α-hetero) is 1. The number of amides is 1. The van der Waals surface area contributed by atoms with Crippen LogP contribution < -0.4 is 4.74 Å². The van der Waals surface area contributed by atoms with E-state index in [0.717, 1.165) is 17.2 Å². The van der Waals surface area contributed by atoms with Crippen molar-refractivity contribution in [3.8, 4) is 5.75 Å². The fourth-order valence-corrected chi connectivity index (χ4v) is 4.11. The van der Waals surface area contributed by atoms with Crippen LogP contribution in [0.3, 0.4) is 0 Å². The van der Waals surface area contributed by atoms with Crippen LogP contribution in [0, 0.1) is 5.82 Å². The van der Waals surface area contributed by atoms with E-state index in [1.807, 2.05) is 30.3 Å². The number of methoxy groups -OCH3 is 1. The van der Waals surface area contributed by atoms with Gasteiger partial charge in [0.15, 0.2) is 11.6 Å². The summed E-state index contributed by atoms with van der Waals surface area (Å²) in [5.41, 5.74) is 2.51. The van der Waals surface area contributed by atoms with E-state index in [1.54, 1.807) is 18.5 Å². The number of benzene rings is 2. The summed E-state index contributed by atoms with van der Waals surface area (Å²) >= 11 is 0. The van der Waals surface area contributed by atoms with Crippen LogP contribution in [-0.2, 0) is 16.1 Å². The van der Waals surface area contributed by atoms with Crippen LogP contribution in [0.5, 0.6) is 5.75 Å². The molecule has 7 heteroatoms. The fraction of sp³-hybridized carbons (Fsp3) is 0.222. The SMILES string of the molecule is COc1ccc(C(O)=C2C(=O)C(=O)N(Cc3cccnc3)[C@H]2c2ccc(C(C)C)cc2)cc1F. The van der Waals surface area contributed by atoms with Crippen LogP contribution >= 0.6 is 0 Å². The van der Waals surface area contributed by atoms with Crippen molar-refractivity contribution in [2.75, 3.05) is 7.11 Å². The molecule has 1 aliphatic heterocycles. The molecule has 174 valence electrons. The van der Waals surface area contributed by atoms with Gasteiger partial charge in [0, 0.05) is 24.5 Å². The molecule has 0 radical (unpaired) electrons. The minimum Gasteiger partial charge on any atom is -0.507 e. The maximum atomic E-state index is 14.3. The third-order valence-corrected chi connectivity index (χ3v) is 5.96. The van der Waals surface area contributed by atoms with Gasteiger partial charge in [-0.1, -0.05) is 44.2 Å². The highest BCUT2D eigenvalue weighted by molar-refractivity contribution is 6.46. The summed E-state index contributed by atoms with van der Waals surface area (Å²) in [5, 5.41) is 11.1. The summed E-state index contributed by atoms with van der Waals surface area (Å²) in [7, 11) is 1.34. The van der Waals surface area contributed by atoms with Crippen molar-refractivity contribution in [3.05, 3.63) is 101 Å². The monoisotopic (exact) mass is 460 g/mol. The van der Waals surface area contributed by atoms with Crippen molar-refractivity contribution in [2.45, 2.75) is 32.4 Å². The molecule has 1 N–H and O–H groups in total. The second-order valence-corrected chi connectivity index (χ2v) is 8.46. The molecule has 34 heavy (non-hydrogen) atoms. The number of aliphatic hydroxyl groups excluding tert-OH is 1. The maximum Gasteiger partial charge on any atom is 0.295 e. The first-order valence-electron chi connectivity index (χ1n) is 10.9. The molecule has 0 bridgehead atoms. The number of rotatable bonds is 6. The first-order chi connectivity index (χ1) is 16.3. The molecule has 1 amide bonds. The molecule has 4 rings (SSSR count). The number of ketones is 1. The number of aromatic nitrogens is 1. The number of halogens is 1. The van der Waals surface area contributed by atoms with Crippen molar-refractivity contribution in [1.29, 1.82) is 0 Å². The van der Waals surface area contributed by atoms with Gasteiger partial charge in [-0.15, -0.1) is 0 Å². The number of nitrogens with zero attached hydrogens (tertiary/aromatic N) is 2. The highest BCUT2D eigenvalue weighted by Crippen LogP contribution is 2.41. The molecule has 3 aromatic rings. The Labute approximate surface area is 197 Å². The van der Waals surface area contributed by atoms with E-state index >= 15 is 0 Å². The van der Waals surface area contributed by atoms with Crippen molar-refractivity contribution in [3.63, 3.8) is 0 Å². The van der Waals surface area contributed by atoms with Crippen LogP contribution in [0.2, 0.25) is 0 Å². The zero-order valence-electron chi connectivity index (χ0n) is 19.2. The number of carbonyl (C=O) groups is 2. The Hall–Kier alpha value is -4.00.